The summed E-state index contributed by atoms with van der Waals surface area (Å²) < 4.78 is 16.8. The van der Waals surface area contributed by atoms with Gasteiger partial charge in [0.2, 0.25) is 0 Å². The zero-order valence-electron chi connectivity index (χ0n) is 18.0. The van der Waals surface area contributed by atoms with Crippen LogP contribution in [-0.4, -0.2) is 36.4 Å². The summed E-state index contributed by atoms with van der Waals surface area (Å²) in [6.07, 6.45) is 13.0. The number of nitrogens with zero attached hydrogens (tertiary/aromatic N) is 1. The molecule has 0 aromatic rings. The van der Waals surface area contributed by atoms with Gasteiger partial charge in [0.05, 0.1) is 18.6 Å². The van der Waals surface area contributed by atoms with Crippen LogP contribution in [0.2, 0.25) is 0 Å². The molecule has 0 spiro atoms. The van der Waals surface area contributed by atoms with Crippen LogP contribution in [-0.2, 0) is 19.0 Å². The first-order chi connectivity index (χ1) is 14.6. The number of ether oxygens (including phenoxy) is 3. The molecule has 1 saturated heterocycles. The second-order valence-corrected chi connectivity index (χ2v) is 9.98. The highest BCUT2D eigenvalue weighted by atomic mass is 16.9. The third kappa shape index (κ3) is 5.55. The molecule has 0 radical (unpaired) electrons. The molecule has 0 unspecified atom stereocenters. The summed E-state index contributed by atoms with van der Waals surface area (Å²) in [5, 5.41) is 18.0. The average molecular weight is 420 g/mol. The fourth-order valence-electron chi connectivity index (χ4n) is 6.11. The van der Waals surface area contributed by atoms with Crippen molar-refractivity contribution in [3.05, 3.63) is 0 Å². The van der Waals surface area contributed by atoms with Gasteiger partial charge < -0.3 is 19.3 Å². The molecule has 6 heteroatoms. The maximum Gasteiger partial charge on any atom is 0.309 e. The van der Waals surface area contributed by atoms with Crippen molar-refractivity contribution in [3.63, 3.8) is 0 Å². The number of hydrogen-bond donors (Lipinski definition) is 1. The summed E-state index contributed by atoms with van der Waals surface area (Å²) in [6, 6.07) is 2.43. The number of aliphatic hydroxyl groups excluding tert-OH is 1. The van der Waals surface area contributed by atoms with Crippen LogP contribution in [0.1, 0.15) is 83.5 Å². The topological polar surface area (TPSA) is 88.8 Å². The van der Waals surface area contributed by atoms with Crippen molar-refractivity contribution in [1.82, 2.24) is 0 Å². The van der Waals surface area contributed by atoms with Gasteiger partial charge in [0.15, 0.2) is 12.6 Å². The third-order valence-electron chi connectivity index (χ3n) is 8.08. The van der Waals surface area contributed by atoms with Gasteiger partial charge in [-0.25, -0.2) is 0 Å². The highest BCUT2D eigenvalue weighted by Crippen LogP contribution is 2.42. The van der Waals surface area contributed by atoms with Crippen molar-refractivity contribution in [2.24, 2.45) is 29.6 Å². The third-order valence-corrected chi connectivity index (χ3v) is 8.08. The molecule has 4 aliphatic rings. The number of aliphatic hydroxyl groups is 1. The lowest BCUT2D eigenvalue weighted by Gasteiger charge is -2.38. The first-order valence-corrected chi connectivity index (χ1v) is 12.2. The van der Waals surface area contributed by atoms with E-state index in [1.165, 1.54) is 12.8 Å². The van der Waals surface area contributed by atoms with Crippen LogP contribution in [0.3, 0.4) is 0 Å². The molecule has 6 nitrogen and oxygen atoms in total. The van der Waals surface area contributed by atoms with E-state index in [0.717, 1.165) is 82.5 Å². The van der Waals surface area contributed by atoms with Crippen LogP contribution in [0.25, 0.3) is 0 Å². The van der Waals surface area contributed by atoms with E-state index in [-0.39, 0.29) is 36.8 Å². The maximum absolute atomic E-state index is 12.7. The van der Waals surface area contributed by atoms with Gasteiger partial charge in [-0.3, -0.25) is 4.79 Å². The monoisotopic (exact) mass is 419 g/mol. The minimum absolute atomic E-state index is 0.0292. The molecule has 30 heavy (non-hydrogen) atoms. The van der Waals surface area contributed by atoms with Crippen molar-refractivity contribution in [2.75, 3.05) is 6.61 Å². The first-order valence-electron chi connectivity index (χ1n) is 12.2. The molecule has 3 saturated carbocycles. The Balaban J connectivity index is 1.11. The van der Waals surface area contributed by atoms with Gasteiger partial charge in [-0.05, 0) is 94.8 Å². The Morgan fingerprint density at radius 2 is 1.47 bits per heavy atom. The smallest absolute Gasteiger partial charge is 0.309 e. The number of hydrogen-bond acceptors (Lipinski definition) is 6. The molecule has 0 aromatic carbocycles. The Bertz CT molecular complexity index is 589. The lowest BCUT2D eigenvalue weighted by molar-refractivity contribution is -0.394. The van der Waals surface area contributed by atoms with E-state index in [2.05, 4.69) is 6.07 Å². The number of carbonyl (C=O) groups is 1. The summed E-state index contributed by atoms with van der Waals surface area (Å²) in [6.45, 7) is -0.0799. The lowest BCUT2D eigenvalue weighted by Crippen LogP contribution is -2.44. The molecule has 4 rings (SSSR count). The average Bonchev–Trinajstić information content (AvgIpc) is 2.77. The van der Waals surface area contributed by atoms with Gasteiger partial charge in [0.25, 0.3) is 0 Å². The Hall–Kier alpha value is -1.16. The van der Waals surface area contributed by atoms with Crippen molar-refractivity contribution in [1.29, 1.82) is 5.26 Å². The zero-order valence-corrected chi connectivity index (χ0v) is 18.0. The molecular formula is C24H37NO5. The largest absolute Gasteiger partial charge is 0.462 e. The van der Waals surface area contributed by atoms with Crippen LogP contribution in [0.15, 0.2) is 0 Å². The van der Waals surface area contributed by atoms with Crippen LogP contribution in [0.4, 0.5) is 0 Å². The molecule has 1 aliphatic heterocycles. The predicted octanol–water partition coefficient (Wildman–Crippen LogP) is 4.31. The molecule has 1 heterocycles. The molecule has 4 fully saturated rings. The van der Waals surface area contributed by atoms with E-state index in [4.69, 9.17) is 24.6 Å². The Morgan fingerprint density at radius 3 is 2.03 bits per heavy atom. The number of carbonyl (C=O) groups excluding carboxylic acids is 1. The van der Waals surface area contributed by atoms with Gasteiger partial charge in [0.1, 0.15) is 6.10 Å². The summed E-state index contributed by atoms with van der Waals surface area (Å²) in [5.41, 5.74) is 0. The van der Waals surface area contributed by atoms with Crippen molar-refractivity contribution in [3.8, 4) is 6.07 Å². The summed E-state index contributed by atoms with van der Waals surface area (Å²) >= 11 is 0. The first kappa shape index (κ1) is 22.0. The quantitative estimate of drug-likeness (QED) is 0.646. The fourth-order valence-corrected chi connectivity index (χ4v) is 6.11. The number of nitriles is 1. The Kier molecular flexibility index (Phi) is 7.67. The fraction of sp³-hybridized carbons (Fsp3) is 0.917. The molecule has 1 N–H and O–H groups in total. The molecule has 0 atom stereocenters. The summed E-state index contributed by atoms with van der Waals surface area (Å²) in [5.74, 6) is 2.44. The minimum Gasteiger partial charge on any atom is -0.462 e. The standard InChI is InChI=1S/C24H37NO5/c25-14-17-1-5-18(6-2-17)19-7-9-20(10-8-19)24(27)28-21-11-3-16(4-12-21)13-22-29-23(15-26)30-22/h16-23,26H,1-13,15H2. The molecule has 168 valence electrons. The van der Waals surface area contributed by atoms with Gasteiger partial charge in [-0.2, -0.15) is 5.26 Å². The van der Waals surface area contributed by atoms with E-state index >= 15 is 0 Å². The zero-order chi connectivity index (χ0) is 20.9. The van der Waals surface area contributed by atoms with Gasteiger partial charge >= 0.3 is 5.97 Å². The van der Waals surface area contributed by atoms with Crippen molar-refractivity contribution < 1.29 is 24.1 Å². The SMILES string of the molecule is N#CC1CCC(C2CCC(C(=O)OC3CCC(CC4OC(CO)O4)CC3)CC2)CC1. The highest BCUT2D eigenvalue weighted by Gasteiger charge is 2.36. The van der Waals surface area contributed by atoms with Crippen LogP contribution in [0, 0.1) is 40.9 Å². The van der Waals surface area contributed by atoms with Crippen molar-refractivity contribution in [2.45, 2.75) is 102 Å². The lowest BCUT2D eigenvalue weighted by atomic mass is 9.69. The van der Waals surface area contributed by atoms with E-state index in [1.54, 1.807) is 0 Å². The summed E-state index contributed by atoms with van der Waals surface area (Å²) in [7, 11) is 0. The summed E-state index contributed by atoms with van der Waals surface area (Å²) in [4.78, 5) is 12.7. The van der Waals surface area contributed by atoms with E-state index in [9.17, 15) is 4.79 Å². The minimum atomic E-state index is -0.435. The van der Waals surface area contributed by atoms with Crippen LogP contribution < -0.4 is 0 Å². The molecule has 3 aliphatic carbocycles. The van der Waals surface area contributed by atoms with Crippen LogP contribution in [0.5, 0.6) is 0 Å². The normalized spacial score (nSPS) is 42.0. The van der Waals surface area contributed by atoms with Gasteiger partial charge in [-0.15, -0.1) is 0 Å². The van der Waals surface area contributed by atoms with E-state index in [0.29, 0.717) is 5.92 Å². The number of rotatable bonds is 6. The molecule has 0 aromatic heterocycles. The second-order valence-electron chi connectivity index (χ2n) is 9.98. The van der Waals surface area contributed by atoms with Gasteiger partial charge in [0, 0.05) is 12.3 Å². The van der Waals surface area contributed by atoms with E-state index < -0.39 is 6.29 Å². The van der Waals surface area contributed by atoms with Crippen molar-refractivity contribution >= 4 is 5.97 Å². The predicted molar refractivity (Wildman–Crippen MR) is 110 cm³/mol. The highest BCUT2D eigenvalue weighted by molar-refractivity contribution is 5.72. The molecule has 0 amide bonds. The second kappa shape index (κ2) is 10.4. The Morgan fingerprint density at radius 1 is 0.867 bits per heavy atom. The van der Waals surface area contributed by atoms with E-state index in [1.807, 2.05) is 0 Å². The number of esters is 1. The van der Waals surface area contributed by atoms with Gasteiger partial charge in [-0.1, -0.05) is 0 Å². The Labute approximate surface area is 180 Å². The van der Waals surface area contributed by atoms with Crippen LogP contribution >= 0.6 is 0 Å². The molecule has 0 bridgehead atoms. The molecular weight excluding hydrogens is 382 g/mol. The maximum atomic E-state index is 12.7.